The van der Waals surface area contributed by atoms with Gasteiger partial charge in [-0.2, -0.15) is 5.10 Å². The molecule has 0 bridgehead atoms. The van der Waals surface area contributed by atoms with Crippen LogP contribution in [0, 0.1) is 0 Å². The Morgan fingerprint density at radius 1 is 1.06 bits per heavy atom. The predicted molar refractivity (Wildman–Crippen MR) is 132 cm³/mol. The summed E-state index contributed by atoms with van der Waals surface area (Å²) >= 11 is 6.15. The highest BCUT2D eigenvalue weighted by Crippen LogP contribution is 2.32. The van der Waals surface area contributed by atoms with Crippen molar-refractivity contribution >= 4 is 45.0 Å². The smallest absolute Gasteiger partial charge is 0.291 e. The predicted octanol–water partition coefficient (Wildman–Crippen LogP) is 3.84. The SMILES string of the molecule is CC[C@@H](C(=O)N1CCN(c2cccc(Cl)c2)CC1)n1c2ccccc2c2cnn(C)c(=O)c21. The molecule has 0 saturated carbocycles. The van der Waals surface area contributed by atoms with E-state index in [1.165, 1.54) is 4.68 Å². The molecule has 7 nitrogen and oxygen atoms in total. The molecule has 1 fully saturated rings. The van der Waals surface area contributed by atoms with Crippen molar-refractivity contribution in [3.05, 3.63) is 70.1 Å². The van der Waals surface area contributed by atoms with Crippen LogP contribution in [0.2, 0.25) is 5.02 Å². The molecule has 0 unspecified atom stereocenters. The molecule has 1 saturated heterocycles. The van der Waals surface area contributed by atoms with Gasteiger partial charge in [0.05, 0.1) is 11.7 Å². The number of carbonyl (C=O) groups excluding carboxylic acids is 1. The van der Waals surface area contributed by atoms with Crippen LogP contribution in [0.15, 0.2) is 59.5 Å². The molecule has 0 N–H and O–H groups in total. The van der Waals surface area contributed by atoms with Crippen LogP contribution in [-0.2, 0) is 11.8 Å². The van der Waals surface area contributed by atoms with Crippen LogP contribution in [0.1, 0.15) is 19.4 Å². The first kappa shape index (κ1) is 21.5. The Bertz CT molecular complexity index is 1400. The molecule has 1 aliphatic heterocycles. The molecule has 0 aliphatic carbocycles. The Labute approximate surface area is 196 Å². The lowest BCUT2D eigenvalue weighted by molar-refractivity contribution is -0.135. The van der Waals surface area contributed by atoms with Gasteiger partial charge in [-0.15, -0.1) is 0 Å². The molecule has 1 atom stereocenters. The number of rotatable bonds is 4. The van der Waals surface area contributed by atoms with Gasteiger partial charge in [0, 0.05) is 54.7 Å². The Morgan fingerprint density at radius 2 is 1.82 bits per heavy atom. The zero-order valence-corrected chi connectivity index (χ0v) is 19.5. The summed E-state index contributed by atoms with van der Waals surface area (Å²) in [6, 6.07) is 15.2. The van der Waals surface area contributed by atoms with Gasteiger partial charge in [-0.25, -0.2) is 4.68 Å². The standard InChI is InChI=1S/C25H26ClN5O2/c1-3-21(24(32)30-13-11-29(12-14-30)18-8-6-7-17(26)15-18)31-22-10-5-4-9-19(22)20-16-27-28(2)25(33)23(20)31/h4-10,15-16,21H,3,11-14H2,1-2H3/t21-/m0/s1. The third-order valence-corrected chi connectivity index (χ3v) is 6.79. The van der Waals surface area contributed by atoms with Gasteiger partial charge < -0.3 is 14.4 Å². The lowest BCUT2D eigenvalue weighted by atomic mass is 10.1. The average Bonchev–Trinajstić information content (AvgIpc) is 3.17. The number of nitrogens with zero attached hydrogens (tertiary/aromatic N) is 5. The number of hydrogen-bond acceptors (Lipinski definition) is 4. The third-order valence-electron chi connectivity index (χ3n) is 6.55. The second kappa shape index (κ2) is 8.56. The quantitative estimate of drug-likeness (QED) is 0.461. The van der Waals surface area contributed by atoms with Crippen molar-refractivity contribution in [1.82, 2.24) is 19.2 Å². The van der Waals surface area contributed by atoms with E-state index in [0.717, 1.165) is 35.1 Å². The molecular formula is C25H26ClN5O2. The van der Waals surface area contributed by atoms with Crippen LogP contribution in [0.25, 0.3) is 21.8 Å². The maximum Gasteiger partial charge on any atom is 0.291 e. The van der Waals surface area contributed by atoms with Crippen LogP contribution in [0.5, 0.6) is 0 Å². The van der Waals surface area contributed by atoms with Crippen molar-refractivity contribution in [2.45, 2.75) is 19.4 Å². The van der Waals surface area contributed by atoms with Crippen molar-refractivity contribution in [2.24, 2.45) is 7.05 Å². The van der Waals surface area contributed by atoms with Gasteiger partial charge in [0.1, 0.15) is 11.6 Å². The summed E-state index contributed by atoms with van der Waals surface area (Å²) < 4.78 is 3.26. The summed E-state index contributed by atoms with van der Waals surface area (Å²) in [5.74, 6) is 0.0461. The minimum atomic E-state index is -0.458. The number of aryl methyl sites for hydroxylation is 1. The number of hydrogen-bond donors (Lipinski definition) is 0. The number of anilines is 1. The number of benzene rings is 2. The van der Waals surface area contributed by atoms with Gasteiger partial charge in [0.15, 0.2) is 0 Å². The molecule has 5 rings (SSSR count). The first-order chi connectivity index (χ1) is 16.0. The van der Waals surface area contributed by atoms with Gasteiger partial charge in [-0.3, -0.25) is 9.59 Å². The lowest BCUT2D eigenvalue weighted by Crippen LogP contribution is -2.50. The van der Waals surface area contributed by atoms with Crippen molar-refractivity contribution < 1.29 is 4.79 Å². The molecule has 4 aromatic rings. The molecule has 1 aliphatic rings. The fourth-order valence-corrected chi connectivity index (χ4v) is 5.03. The van der Waals surface area contributed by atoms with E-state index in [1.54, 1.807) is 13.2 Å². The zero-order chi connectivity index (χ0) is 23.1. The second-order valence-corrected chi connectivity index (χ2v) is 8.88. The topological polar surface area (TPSA) is 63.4 Å². The van der Waals surface area contributed by atoms with Gasteiger partial charge in [-0.1, -0.05) is 42.8 Å². The first-order valence-electron chi connectivity index (χ1n) is 11.2. The van der Waals surface area contributed by atoms with Gasteiger partial charge in [-0.05, 0) is 30.7 Å². The molecule has 0 radical (unpaired) electrons. The van der Waals surface area contributed by atoms with E-state index in [4.69, 9.17) is 11.6 Å². The summed E-state index contributed by atoms with van der Waals surface area (Å²) in [5.41, 5.74) is 2.29. The van der Waals surface area contributed by atoms with Crippen molar-refractivity contribution in [3.8, 4) is 0 Å². The van der Waals surface area contributed by atoms with E-state index in [-0.39, 0.29) is 11.5 Å². The van der Waals surface area contributed by atoms with Crippen molar-refractivity contribution in [2.75, 3.05) is 31.1 Å². The van der Waals surface area contributed by atoms with E-state index in [9.17, 15) is 9.59 Å². The minimum Gasteiger partial charge on any atom is -0.368 e. The number of carbonyl (C=O) groups is 1. The average molecular weight is 464 g/mol. The summed E-state index contributed by atoms with van der Waals surface area (Å²) in [6.45, 7) is 4.72. The molecule has 0 spiro atoms. The van der Waals surface area contributed by atoms with Gasteiger partial charge in [0.25, 0.3) is 5.56 Å². The molecule has 33 heavy (non-hydrogen) atoms. The molecule has 3 heterocycles. The highest BCUT2D eigenvalue weighted by molar-refractivity contribution is 6.30. The highest BCUT2D eigenvalue weighted by atomic mass is 35.5. The molecule has 170 valence electrons. The Balaban J connectivity index is 1.49. The molecule has 2 aromatic heterocycles. The number of halogens is 1. The molecule has 8 heteroatoms. The third kappa shape index (κ3) is 3.66. The monoisotopic (exact) mass is 463 g/mol. The van der Waals surface area contributed by atoms with Crippen LogP contribution in [0.4, 0.5) is 5.69 Å². The first-order valence-corrected chi connectivity index (χ1v) is 11.6. The normalized spacial score (nSPS) is 15.4. The summed E-state index contributed by atoms with van der Waals surface area (Å²) in [5, 5.41) is 6.64. The fraction of sp³-hybridized carbons (Fsp3) is 0.320. The summed E-state index contributed by atoms with van der Waals surface area (Å²) in [7, 11) is 1.64. The lowest BCUT2D eigenvalue weighted by Gasteiger charge is -2.38. The van der Waals surface area contributed by atoms with Crippen LogP contribution in [-0.4, -0.2) is 51.3 Å². The van der Waals surface area contributed by atoms with Crippen LogP contribution < -0.4 is 10.5 Å². The van der Waals surface area contributed by atoms with E-state index in [1.807, 2.05) is 64.9 Å². The van der Waals surface area contributed by atoms with Gasteiger partial charge >= 0.3 is 0 Å². The summed E-state index contributed by atoms with van der Waals surface area (Å²) in [6.07, 6.45) is 2.31. The zero-order valence-electron chi connectivity index (χ0n) is 18.7. The Kier molecular flexibility index (Phi) is 5.58. The largest absolute Gasteiger partial charge is 0.368 e. The van der Waals surface area contributed by atoms with Gasteiger partial charge in [0.2, 0.25) is 5.91 Å². The van der Waals surface area contributed by atoms with E-state index < -0.39 is 6.04 Å². The number of amides is 1. The highest BCUT2D eigenvalue weighted by Gasteiger charge is 2.30. The number of aromatic nitrogens is 3. The van der Waals surface area contributed by atoms with Crippen LogP contribution >= 0.6 is 11.6 Å². The van der Waals surface area contributed by atoms with Crippen molar-refractivity contribution in [1.29, 1.82) is 0 Å². The number of fused-ring (bicyclic) bond motifs is 3. The molecule has 1 amide bonds. The van der Waals surface area contributed by atoms with Crippen LogP contribution in [0.3, 0.4) is 0 Å². The van der Waals surface area contributed by atoms with Crippen molar-refractivity contribution in [3.63, 3.8) is 0 Å². The van der Waals surface area contributed by atoms with E-state index >= 15 is 0 Å². The number of para-hydroxylation sites is 1. The number of piperazine rings is 1. The minimum absolute atomic E-state index is 0.0461. The second-order valence-electron chi connectivity index (χ2n) is 8.44. The Morgan fingerprint density at radius 3 is 2.55 bits per heavy atom. The maximum atomic E-state index is 13.7. The van der Waals surface area contributed by atoms with E-state index in [0.29, 0.717) is 30.0 Å². The Hall–Kier alpha value is -3.32. The van der Waals surface area contributed by atoms with E-state index in [2.05, 4.69) is 10.00 Å². The summed E-state index contributed by atoms with van der Waals surface area (Å²) in [4.78, 5) is 31.0. The maximum absolute atomic E-state index is 13.7. The molecular weight excluding hydrogens is 438 g/mol. The molecule has 2 aromatic carbocycles. The fourth-order valence-electron chi connectivity index (χ4n) is 4.85.